The second kappa shape index (κ2) is 32.2. The average molecular weight is 1630 g/mol. The number of hydrogen-bond acceptors (Lipinski definition) is 14. The molecule has 0 N–H and O–H groups in total. The lowest BCUT2D eigenvalue weighted by atomic mass is 9.73. The summed E-state index contributed by atoms with van der Waals surface area (Å²) in [5.74, 6) is 1.71. The maximum absolute atomic E-state index is 6.11. The van der Waals surface area contributed by atoms with Gasteiger partial charge in [-0.05, 0) is 212 Å². The highest BCUT2D eigenvalue weighted by Gasteiger charge is 2.39. The average Bonchev–Trinajstić information content (AvgIpc) is 0.728. The molecule has 13 nitrogen and oxygen atoms in total. The summed E-state index contributed by atoms with van der Waals surface area (Å²) in [5.41, 5.74) is 29.9. The van der Waals surface area contributed by atoms with Crippen LogP contribution >= 0.6 is 11.8 Å². The summed E-state index contributed by atoms with van der Waals surface area (Å²) in [4.78, 5) is 45.9. The van der Waals surface area contributed by atoms with Gasteiger partial charge >= 0.3 is 0 Å². The number of aromatic nitrogens is 8. The van der Waals surface area contributed by atoms with E-state index in [0.29, 0.717) is 0 Å². The molecule has 592 valence electrons. The van der Waals surface area contributed by atoms with Crippen LogP contribution < -0.4 is 34.7 Å². The van der Waals surface area contributed by atoms with Crippen molar-refractivity contribution in [2.45, 2.75) is 42.1 Å². The molecule has 0 radical (unpaired) electrons. The van der Waals surface area contributed by atoms with E-state index in [2.05, 4.69) is 414 Å². The summed E-state index contributed by atoms with van der Waals surface area (Å²) in [6.45, 7) is 9.53. The molecule has 4 aliphatic heterocycles. The van der Waals surface area contributed by atoms with E-state index in [9.17, 15) is 0 Å². The second-order valence-electron chi connectivity index (χ2n) is 32.1. The standard InChI is InChI=1S/C29H23N3.C28H23N3Si.C26H17N3O.C26H17N3S/c1-29(2)24-7-3-5-9-27(24)32(28-10-6-4-8-25(28)29)23-15-13-20(14-16-23)21-11-12-22-18-30-19-31-26(22)17-21;1-32(2)27-9-5-3-7-25(27)31(26-8-4-6-10-28(26)32)23-15-13-20(14-16-23)21-11-12-22-18-29-19-30-24(22)17-21;2*1-3-7-25-23(5-1)29(24-6-2-4-8-26(24)30-25)21-13-11-18(12-14-21)19-9-10-20-16-27-17-28-22(20)15-19/h2*3-19H,1-2H3;2*1-17H. The zero-order chi connectivity index (χ0) is 83.2. The van der Waals surface area contributed by atoms with E-state index in [1.807, 2.05) is 72.9 Å². The third-order valence-electron chi connectivity index (χ3n) is 24.0. The minimum absolute atomic E-state index is 0.0451. The largest absolute Gasteiger partial charge is 0.453 e. The van der Waals surface area contributed by atoms with Crippen molar-refractivity contribution in [3.05, 3.63) is 425 Å². The highest BCUT2D eigenvalue weighted by Crippen LogP contribution is 2.55. The molecule has 0 amide bonds. The van der Waals surface area contributed by atoms with Gasteiger partial charge in [0.2, 0.25) is 0 Å². The van der Waals surface area contributed by atoms with Gasteiger partial charge in [0.05, 0.1) is 56.2 Å². The SMILES string of the molecule is CC1(C)c2ccccc2N(c2ccc(-c3ccc4cncnc4c3)cc2)c2ccccc21.C[Si]1(C)c2ccccc2N(c2ccc(-c3ccc4cncnc4c3)cc2)c2ccccc21.c1ccc2c(c1)Oc1ccccc1N2c1ccc(-c2ccc3cncnc3c2)cc1.c1ccc2c(c1)Sc1ccccc1N2c1ccc(-c2ccc3cncnc3c2)cc1. The number of ether oxygens (including phenoxy) is 1. The van der Waals surface area contributed by atoms with Crippen molar-refractivity contribution >= 4 is 142 Å². The molecule has 24 rings (SSSR count). The van der Waals surface area contributed by atoms with E-state index in [1.165, 1.54) is 87.8 Å². The molecule has 4 aromatic heterocycles. The van der Waals surface area contributed by atoms with Crippen LogP contribution in [-0.4, -0.2) is 47.9 Å². The van der Waals surface area contributed by atoms with Crippen molar-refractivity contribution in [2.24, 2.45) is 0 Å². The lowest BCUT2D eigenvalue weighted by Gasteiger charge is -2.42. The van der Waals surface area contributed by atoms with Gasteiger partial charge < -0.3 is 24.3 Å². The van der Waals surface area contributed by atoms with E-state index < -0.39 is 8.07 Å². The summed E-state index contributed by atoms with van der Waals surface area (Å²) in [5, 5.41) is 7.17. The molecule has 0 atom stereocenters. The Labute approximate surface area is 724 Å². The van der Waals surface area contributed by atoms with Crippen LogP contribution in [-0.2, 0) is 5.41 Å². The third kappa shape index (κ3) is 14.2. The number of fused-ring (bicyclic) bond motifs is 12. The Morgan fingerprint density at radius 3 is 0.863 bits per heavy atom. The smallest absolute Gasteiger partial charge is 0.151 e. The van der Waals surface area contributed by atoms with Crippen molar-refractivity contribution in [1.82, 2.24) is 39.9 Å². The molecule has 0 spiro atoms. The van der Waals surface area contributed by atoms with Gasteiger partial charge in [0.1, 0.15) is 33.4 Å². The van der Waals surface area contributed by atoms with Crippen LogP contribution in [0, 0.1) is 0 Å². The molecule has 20 aromatic rings. The van der Waals surface area contributed by atoms with Crippen LogP contribution in [0.5, 0.6) is 11.5 Å². The minimum atomic E-state index is -1.75. The van der Waals surface area contributed by atoms with Gasteiger partial charge in [-0.25, -0.2) is 39.9 Å². The molecule has 0 unspecified atom stereocenters. The maximum Gasteiger partial charge on any atom is 0.151 e. The highest BCUT2D eigenvalue weighted by molar-refractivity contribution is 7.99. The van der Waals surface area contributed by atoms with Crippen molar-refractivity contribution in [1.29, 1.82) is 0 Å². The lowest BCUT2D eigenvalue weighted by Crippen LogP contribution is -2.58. The van der Waals surface area contributed by atoms with Crippen LogP contribution in [0.1, 0.15) is 25.0 Å². The Balaban J connectivity index is 0.000000101. The quantitative estimate of drug-likeness (QED) is 0.134. The van der Waals surface area contributed by atoms with Crippen molar-refractivity contribution in [3.8, 4) is 56.0 Å². The molecule has 8 heterocycles. The molecule has 0 aliphatic carbocycles. The molecular weight excluding hydrogens is 1550 g/mol. The first-order valence-corrected chi connectivity index (χ1v) is 45.3. The Kier molecular flexibility index (Phi) is 19.7. The monoisotopic (exact) mass is 1630 g/mol. The van der Waals surface area contributed by atoms with Gasteiger partial charge in [-0.1, -0.05) is 257 Å². The predicted octanol–water partition coefficient (Wildman–Crippen LogP) is 27.4. The van der Waals surface area contributed by atoms with Crippen LogP contribution in [0.15, 0.2) is 424 Å². The Hall–Kier alpha value is -15.6. The summed E-state index contributed by atoms with van der Waals surface area (Å²) in [6, 6.07) is 129. The number of nitrogens with zero attached hydrogens (tertiary/aromatic N) is 12. The maximum atomic E-state index is 6.11. The van der Waals surface area contributed by atoms with E-state index in [-0.39, 0.29) is 5.41 Å². The molecule has 0 saturated heterocycles. The van der Waals surface area contributed by atoms with Gasteiger partial charge in [-0.3, -0.25) is 0 Å². The van der Waals surface area contributed by atoms with Gasteiger partial charge in [0.25, 0.3) is 0 Å². The molecule has 15 heteroatoms. The van der Waals surface area contributed by atoms with Crippen molar-refractivity contribution < 1.29 is 4.74 Å². The third-order valence-corrected chi connectivity index (χ3v) is 28.7. The van der Waals surface area contributed by atoms with Crippen LogP contribution in [0.4, 0.5) is 68.2 Å². The van der Waals surface area contributed by atoms with Crippen LogP contribution in [0.3, 0.4) is 0 Å². The van der Waals surface area contributed by atoms with Crippen molar-refractivity contribution in [2.75, 3.05) is 19.6 Å². The van der Waals surface area contributed by atoms with Gasteiger partial charge in [0.15, 0.2) is 11.5 Å². The summed E-state index contributed by atoms with van der Waals surface area (Å²) in [7, 11) is -1.75. The number of anilines is 12. The topological polar surface area (TPSA) is 125 Å². The minimum Gasteiger partial charge on any atom is -0.453 e. The summed E-state index contributed by atoms with van der Waals surface area (Å²) >= 11 is 1.83. The fraction of sp³-hybridized carbons (Fsp3) is 0.0459. The van der Waals surface area contributed by atoms with Gasteiger partial charge in [-0.15, -0.1) is 0 Å². The summed E-state index contributed by atoms with van der Waals surface area (Å²) in [6.07, 6.45) is 13.8. The number of rotatable bonds is 8. The predicted molar refractivity (Wildman–Crippen MR) is 512 cm³/mol. The first-order valence-electron chi connectivity index (χ1n) is 41.5. The van der Waals surface area contributed by atoms with Crippen molar-refractivity contribution in [3.63, 3.8) is 0 Å². The zero-order valence-corrected chi connectivity index (χ0v) is 70.3. The van der Waals surface area contributed by atoms with E-state index >= 15 is 0 Å². The highest BCUT2D eigenvalue weighted by atomic mass is 32.2. The normalized spacial score (nSPS) is 13.3. The van der Waals surface area contributed by atoms with Crippen LogP contribution in [0.25, 0.3) is 88.1 Å². The molecule has 4 aliphatic rings. The molecule has 124 heavy (non-hydrogen) atoms. The number of benzene rings is 16. The molecule has 0 bridgehead atoms. The Morgan fingerprint density at radius 1 is 0.258 bits per heavy atom. The van der Waals surface area contributed by atoms with Gasteiger partial charge in [0, 0.05) is 95.7 Å². The molecule has 16 aromatic carbocycles. The molecule has 0 fully saturated rings. The number of hydrogen-bond donors (Lipinski definition) is 0. The number of para-hydroxylation sites is 10. The first kappa shape index (κ1) is 75.9. The van der Waals surface area contributed by atoms with Gasteiger partial charge in [-0.2, -0.15) is 0 Å². The Bertz CT molecular complexity index is 6810. The summed E-state index contributed by atoms with van der Waals surface area (Å²) < 4.78 is 6.11. The van der Waals surface area contributed by atoms with Crippen LogP contribution in [0.2, 0.25) is 13.1 Å². The van der Waals surface area contributed by atoms with E-state index in [0.717, 1.165) is 111 Å². The first-order chi connectivity index (χ1) is 61.0. The molecular formula is C109H80N12OSSi. The fourth-order valence-corrected chi connectivity index (χ4v) is 21.7. The fourth-order valence-electron chi connectivity index (χ4n) is 17.7. The second-order valence-corrected chi connectivity index (χ2v) is 37.5. The van der Waals surface area contributed by atoms with E-state index in [1.54, 1.807) is 25.3 Å². The van der Waals surface area contributed by atoms with E-state index in [4.69, 9.17) is 4.74 Å². The lowest BCUT2D eigenvalue weighted by molar-refractivity contribution is 0.477. The molecule has 0 saturated carbocycles. The Morgan fingerprint density at radius 2 is 0.516 bits per heavy atom. The zero-order valence-electron chi connectivity index (χ0n) is 68.4.